The van der Waals surface area contributed by atoms with Gasteiger partial charge in [-0.3, -0.25) is 0 Å². The standard InChI is InChI=1S/C19H19ClN4/c1-13-9-14(2)11-17(10-13)23-19-21-8-7-18(24-19)22-12-15-3-5-16(20)6-4-15/h3-11H,12H2,1-2H3,(H2,21,22,23,24). The Balaban J connectivity index is 1.68. The molecule has 0 saturated heterocycles. The van der Waals surface area contributed by atoms with Crippen molar-refractivity contribution in [1.29, 1.82) is 0 Å². The van der Waals surface area contributed by atoms with Gasteiger partial charge in [-0.05, 0) is 60.9 Å². The highest BCUT2D eigenvalue weighted by Crippen LogP contribution is 2.18. The number of benzene rings is 2. The molecule has 0 aliphatic rings. The van der Waals surface area contributed by atoms with Crippen LogP contribution in [-0.4, -0.2) is 9.97 Å². The van der Waals surface area contributed by atoms with Gasteiger partial charge in [0.15, 0.2) is 0 Å². The minimum atomic E-state index is 0.570. The van der Waals surface area contributed by atoms with Gasteiger partial charge in [0.25, 0.3) is 0 Å². The van der Waals surface area contributed by atoms with Crippen molar-refractivity contribution >= 4 is 29.1 Å². The number of nitrogens with zero attached hydrogens (tertiary/aromatic N) is 2. The van der Waals surface area contributed by atoms with Crippen LogP contribution in [0.15, 0.2) is 54.7 Å². The number of aromatic nitrogens is 2. The summed E-state index contributed by atoms with van der Waals surface area (Å²) in [6.07, 6.45) is 1.74. The molecule has 1 heterocycles. The van der Waals surface area contributed by atoms with Gasteiger partial charge in [0.1, 0.15) is 5.82 Å². The second-order valence-electron chi connectivity index (χ2n) is 5.75. The molecule has 0 radical (unpaired) electrons. The largest absolute Gasteiger partial charge is 0.366 e. The first-order chi connectivity index (χ1) is 11.6. The zero-order valence-corrected chi connectivity index (χ0v) is 14.4. The Bertz CT molecular complexity index is 811. The van der Waals surface area contributed by atoms with E-state index in [2.05, 4.69) is 52.6 Å². The molecule has 0 bridgehead atoms. The van der Waals surface area contributed by atoms with Crippen LogP contribution in [-0.2, 0) is 6.54 Å². The van der Waals surface area contributed by atoms with Crippen molar-refractivity contribution in [2.24, 2.45) is 0 Å². The molecular formula is C19H19ClN4. The van der Waals surface area contributed by atoms with Gasteiger partial charge in [-0.1, -0.05) is 29.8 Å². The SMILES string of the molecule is Cc1cc(C)cc(Nc2nccc(NCc3ccc(Cl)cc3)n2)c1. The van der Waals surface area contributed by atoms with Crippen LogP contribution < -0.4 is 10.6 Å². The molecular weight excluding hydrogens is 320 g/mol. The molecule has 0 aliphatic carbocycles. The van der Waals surface area contributed by atoms with E-state index in [1.165, 1.54) is 11.1 Å². The highest BCUT2D eigenvalue weighted by Gasteiger charge is 2.02. The van der Waals surface area contributed by atoms with Gasteiger partial charge in [-0.15, -0.1) is 0 Å². The van der Waals surface area contributed by atoms with E-state index in [4.69, 9.17) is 11.6 Å². The fourth-order valence-corrected chi connectivity index (χ4v) is 2.61. The quantitative estimate of drug-likeness (QED) is 0.679. The van der Waals surface area contributed by atoms with E-state index in [-0.39, 0.29) is 0 Å². The van der Waals surface area contributed by atoms with E-state index >= 15 is 0 Å². The smallest absolute Gasteiger partial charge is 0.229 e. The topological polar surface area (TPSA) is 49.8 Å². The predicted molar refractivity (Wildman–Crippen MR) is 100 cm³/mol. The average Bonchev–Trinajstić information content (AvgIpc) is 2.54. The number of aryl methyl sites for hydroxylation is 2. The summed E-state index contributed by atoms with van der Waals surface area (Å²) in [4.78, 5) is 8.78. The molecule has 3 rings (SSSR count). The zero-order valence-electron chi connectivity index (χ0n) is 13.7. The number of halogens is 1. The Kier molecular flexibility index (Phi) is 4.96. The second-order valence-corrected chi connectivity index (χ2v) is 6.18. The van der Waals surface area contributed by atoms with Crippen molar-refractivity contribution in [3.05, 3.63) is 76.4 Å². The van der Waals surface area contributed by atoms with E-state index in [1.54, 1.807) is 6.20 Å². The number of hydrogen-bond acceptors (Lipinski definition) is 4. The third-order valence-electron chi connectivity index (χ3n) is 3.52. The van der Waals surface area contributed by atoms with Crippen LogP contribution in [0, 0.1) is 13.8 Å². The molecule has 0 saturated carbocycles. The van der Waals surface area contributed by atoms with Crippen molar-refractivity contribution in [1.82, 2.24) is 9.97 Å². The third kappa shape index (κ3) is 4.46. The first-order valence-corrected chi connectivity index (χ1v) is 8.13. The molecule has 0 unspecified atom stereocenters. The number of rotatable bonds is 5. The van der Waals surface area contributed by atoms with Gasteiger partial charge in [-0.2, -0.15) is 4.98 Å². The van der Waals surface area contributed by atoms with Crippen LogP contribution >= 0.6 is 11.6 Å². The molecule has 4 nitrogen and oxygen atoms in total. The third-order valence-corrected chi connectivity index (χ3v) is 3.77. The lowest BCUT2D eigenvalue weighted by Gasteiger charge is -2.10. The zero-order chi connectivity index (χ0) is 16.9. The summed E-state index contributed by atoms with van der Waals surface area (Å²) in [6, 6.07) is 15.9. The summed E-state index contributed by atoms with van der Waals surface area (Å²) in [5, 5.41) is 7.28. The van der Waals surface area contributed by atoms with E-state index in [1.807, 2.05) is 30.3 Å². The van der Waals surface area contributed by atoms with Crippen molar-refractivity contribution in [2.75, 3.05) is 10.6 Å². The maximum absolute atomic E-state index is 5.90. The van der Waals surface area contributed by atoms with Crippen LogP contribution in [0.1, 0.15) is 16.7 Å². The van der Waals surface area contributed by atoms with Gasteiger partial charge < -0.3 is 10.6 Å². The van der Waals surface area contributed by atoms with Gasteiger partial charge in [0, 0.05) is 23.5 Å². The van der Waals surface area contributed by atoms with Crippen molar-refractivity contribution in [3.8, 4) is 0 Å². The van der Waals surface area contributed by atoms with E-state index in [0.717, 1.165) is 22.1 Å². The summed E-state index contributed by atoms with van der Waals surface area (Å²) in [5.74, 6) is 1.34. The lowest BCUT2D eigenvalue weighted by molar-refractivity contribution is 1.08. The molecule has 0 spiro atoms. The molecule has 2 N–H and O–H groups in total. The van der Waals surface area contributed by atoms with E-state index in [9.17, 15) is 0 Å². The molecule has 0 aliphatic heterocycles. The maximum Gasteiger partial charge on any atom is 0.229 e. The predicted octanol–water partition coefficient (Wildman–Crippen LogP) is 5.10. The number of anilines is 3. The molecule has 122 valence electrons. The summed E-state index contributed by atoms with van der Waals surface area (Å²) in [7, 11) is 0. The van der Waals surface area contributed by atoms with Crippen molar-refractivity contribution < 1.29 is 0 Å². The monoisotopic (exact) mass is 338 g/mol. The summed E-state index contributed by atoms with van der Waals surface area (Å²) >= 11 is 5.90. The minimum absolute atomic E-state index is 0.570. The summed E-state index contributed by atoms with van der Waals surface area (Å²) < 4.78 is 0. The Morgan fingerprint density at radius 2 is 1.67 bits per heavy atom. The van der Waals surface area contributed by atoms with Crippen LogP contribution in [0.25, 0.3) is 0 Å². The summed E-state index contributed by atoms with van der Waals surface area (Å²) in [5.41, 5.74) is 4.54. The van der Waals surface area contributed by atoms with Crippen LogP contribution in [0.4, 0.5) is 17.5 Å². The first-order valence-electron chi connectivity index (χ1n) is 7.75. The van der Waals surface area contributed by atoms with E-state index < -0.39 is 0 Å². The van der Waals surface area contributed by atoms with Crippen molar-refractivity contribution in [2.45, 2.75) is 20.4 Å². The van der Waals surface area contributed by atoms with Gasteiger partial charge in [0.2, 0.25) is 5.95 Å². The molecule has 5 heteroatoms. The molecule has 24 heavy (non-hydrogen) atoms. The van der Waals surface area contributed by atoms with Crippen LogP contribution in [0.3, 0.4) is 0 Å². The molecule has 0 amide bonds. The van der Waals surface area contributed by atoms with Gasteiger partial charge in [-0.25, -0.2) is 4.98 Å². The summed E-state index contributed by atoms with van der Waals surface area (Å²) in [6.45, 7) is 4.82. The highest BCUT2D eigenvalue weighted by molar-refractivity contribution is 6.30. The maximum atomic E-state index is 5.90. The Morgan fingerprint density at radius 3 is 2.38 bits per heavy atom. The lowest BCUT2D eigenvalue weighted by atomic mass is 10.1. The average molecular weight is 339 g/mol. The molecule has 2 aromatic carbocycles. The van der Waals surface area contributed by atoms with Crippen molar-refractivity contribution in [3.63, 3.8) is 0 Å². The number of hydrogen-bond donors (Lipinski definition) is 2. The fraction of sp³-hybridized carbons (Fsp3) is 0.158. The molecule has 1 aromatic heterocycles. The Hall–Kier alpha value is -2.59. The van der Waals surface area contributed by atoms with Gasteiger partial charge in [0.05, 0.1) is 0 Å². The highest BCUT2D eigenvalue weighted by atomic mass is 35.5. The minimum Gasteiger partial charge on any atom is -0.366 e. The Labute approximate surface area is 146 Å². The fourth-order valence-electron chi connectivity index (χ4n) is 2.49. The Morgan fingerprint density at radius 1 is 0.958 bits per heavy atom. The normalized spacial score (nSPS) is 10.5. The van der Waals surface area contributed by atoms with Gasteiger partial charge >= 0.3 is 0 Å². The number of nitrogens with one attached hydrogen (secondary N) is 2. The molecule has 0 atom stereocenters. The van der Waals surface area contributed by atoms with Crippen LogP contribution in [0.2, 0.25) is 5.02 Å². The first kappa shape index (κ1) is 16.3. The van der Waals surface area contributed by atoms with E-state index in [0.29, 0.717) is 12.5 Å². The molecule has 0 fully saturated rings. The van der Waals surface area contributed by atoms with Crippen LogP contribution in [0.5, 0.6) is 0 Å². The second kappa shape index (κ2) is 7.32. The lowest BCUT2D eigenvalue weighted by Crippen LogP contribution is -2.04. The molecule has 3 aromatic rings.